The standard InChI is InChI=1S/C15H29N3O/c1-3-14(4-2)17-11-9-16(10-12-17)13-15(19)18-7-5-6-8-18/h14H,3-13H2,1-2H3. The van der Waals surface area contributed by atoms with E-state index < -0.39 is 0 Å². The number of hydrogen-bond donors (Lipinski definition) is 0. The van der Waals surface area contributed by atoms with Crippen LogP contribution in [-0.2, 0) is 4.79 Å². The fourth-order valence-corrected chi connectivity index (χ4v) is 3.35. The van der Waals surface area contributed by atoms with Gasteiger partial charge >= 0.3 is 0 Å². The molecule has 0 aliphatic carbocycles. The molecule has 4 heteroatoms. The molecule has 2 heterocycles. The van der Waals surface area contributed by atoms with E-state index in [4.69, 9.17) is 0 Å². The molecule has 0 aromatic rings. The molecule has 0 aromatic carbocycles. The zero-order valence-corrected chi connectivity index (χ0v) is 12.6. The molecule has 0 bridgehead atoms. The molecule has 0 saturated carbocycles. The van der Waals surface area contributed by atoms with E-state index in [1.54, 1.807) is 0 Å². The lowest BCUT2D eigenvalue weighted by molar-refractivity contribution is -0.131. The van der Waals surface area contributed by atoms with Crippen LogP contribution in [0.3, 0.4) is 0 Å². The number of amides is 1. The van der Waals surface area contributed by atoms with E-state index in [9.17, 15) is 4.79 Å². The highest BCUT2D eigenvalue weighted by Crippen LogP contribution is 2.13. The van der Waals surface area contributed by atoms with Gasteiger partial charge in [-0.15, -0.1) is 0 Å². The summed E-state index contributed by atoms with van der Waals surface area (Å²) in [5.74, 6) is 0.341. The number of likely N-dealkylation sites (tertiary alicyclic amines) is 1. The lowest BCUT2D eigenvalue weighted by Crippen LogP contribution is -2.52. The number of rotatable bonds is 5. The summed E-state index contributed by atoms with van der Waals surface area (Å²) in [5.41, 5.74) is 0. The van der Waals surface area contributed by atoms with Crippen LogP contribution < -0.4 is 0 Å². The summed E-state index contributed by atoms with van der Waals surface area (Å²) in [4.78, 5) is 19.1. The Morgan fingerprint density at radius 2 is 1.53 bits per heavy atom. The molecule has 110 valence electrons. The summed E-state index contributed by atoms with van der Waals surface area (Å²) in [6, 6.07) is 0.733. The molecule has 0 aromatic heterocycles. The highest BCUT2D eigenvalue weighted by Gasteiger charge is 2.25. The van der Waals surface area contributed by atoms with Gasteiger partial charge in [-0.2, -0.15) is 0 Å². The topological polar surface area (TPSA) is 26.8 Å². The average Bonchev–Trinajstić information content (AvgIpc) is 2.96. The Hall–Kier alpha value is -0.610. The molecule has 2 saturated heterocycles. The number of hydrogen-bond acceptors (Lipinski definition) is 3. The molecule has 0 N–H and O–H groups in total. The fraction of sp³-hybridized carbons (Fsp3) is 0.933. The zero-order valence-electron chi connectivity index (χ0n) is 12.6. The van der Waals surface area contributed by atoms with Crippen molar-refractivity contribution >= 4 is 5.91 Å². The number of piperazine rings is 1. The van der Waals surface area contributed by atoms with Crippen molar-refractivity contribution in [3.63, 3.8) is 0 Å². The van der Waals surface area contributed by atoms with Gasteiger partial charge in [0.1, 0.15) is 0 Å². The van der Waals surface area contributed by atoms with Gasteiger partial charge in [0, 0.05) is 45.3 Å². The summed E-state index contributed by atoms with van der Waals surface area (Å²) in [5, 5.41) is 0. The van der Waals surface area contributed by atoms with Gasteiger partial charge < -0.3 is 4.90 Å². The molecule has 19 heavy (non-hydrogen) atoms. The van der Waals surface area contributed by atoms with Crippen LogP contribution >= 0.6 is 0 Å². The van der Waals surface area contributed by atoms with E-state index in [2.05, 4.69) is 23.6 Å². The fourth-order valence-electron chi connectivity index (χ4n) is 3.35. The Balaban J connectivity index is 1.72. The maximum Gasteiger partial charge on any atom is 0.236 e. The zero-order chi connectivity index (χ0) is 13.7. The van der Waals surface area contributed by atoms with Gasteiger partial charge in [0.15, 0.2) is 0 Å². The number of carbonyl (C=O) groups excluding carboxylic acids is 1. The molecule has 2 aliphatic rings. The Morgan fingerprint density at radius 1 is 0.947 bits per heavy atom. The second-order valence-electron chi connectivity index (χ2n) is 5.87. The molecule has 0 unspecified atom stereocenters. The van der Waals surface area contributed by atoms with Crippen LogP contribution in [0.15, 0.2) is 0 Å². The molecular weight excluding hydrogens is 238 g/mol. The van der Waals surface area contributed by atoms with Gasteiger partial charge in [0.25, 0.3) is 0 Å². The third-order valence-corrected chi connectivity index (χ3v) is 4.68. The van der Waals surface area contributed by atoms with E-state index in [1.807, 2.05) is 4.90 Å². The van der Waals surface area contributed by atoms with Crippen molar-refractivity contribution in [1.29, 1.82) is 0 Å². The first-order valence-corrected chi connectivity index (χ1v) is 7.98. The van der Waals surface area contributed by atoms with E-state index in [0.717, 1.165) is 45.3 Å². The van der Waals surface area contributed by atoms with Crippen LogP contribution in [0.2, 0.25) is 0 Å². The highest BCUT2D eigenvalue weighted by atomic mass is 16.2. The molecule has 2 fully saturated rings. The molecule has 0 spiro atoms. The van der Waals surface area contributed by atoms with Gasteiger partial charge in [0.05, 0.1) is 6.54 Å². The minimum absolute atomic E-state index is 0.341. The smallest absolute Gasteiger partial charge is 0.236 e. The summed E-state index contributed by atoms with van der Waals surface area (Å²) in [6.45, 7) is 11.5. The van der Waals surface area contributed by atoms with Gasteiger partial charge in [-0.25, -0.2) is 0 Å². The molecule has 4 nitrogen and oxygen atoms in total. The normalized spacial score (nSPS) is 22.4. The summed E-state index contributed by atoms with van der Waals surface area (Å²) < 4.78 is 0. The molecule has 2 rings (SSSR count). The lowest BCUT2D eigenvalue weighted by Gasteiger charge is -2.38. The molecule has 2 aliphatic heterocycles. The van der Waals surface area contributed by atoms with Gasteiger partial charge in [-0.05, 0) is 25.7 Å². The third-order valence-electron chi connectivity index (χ3n) is 4.68. The molecule has 0 atom stereocenters. The van der Waals surface area contributed by atoms with E-state index in [-0.39, 0.29) is 0 Å². The van der Waals surface area contributed by atoms with Gasteiger partial charge in [-0.1, -0.05) is 13.8 Å². The van der Waals surface area contributed by atoms with Crippen molar-refractivity contribution in [2.45, 2.75) is 45.6 Å². The van der Waals surface area contributed by atoms with Crippen LogP contribution in [0.1, 0.15) is 39.5 Å². The molecular formula is C15H29N3O. The van der Waals surface area contributed by atoms with Crippen molar-refractivity contribution < 1.29 is 4.79 Å². The quantitative estimate of drug-likeness (QED) is 0.753. The third kappa shape index (κ3) is 3.93. The van der Waals surface area contributed by atoms with Crippen molar-refractivity contribution in [1.82, 2.24) is 14.7 Å². The van der Waals surface area contributed by atoms with Crippen LogP contribution in [0.25, 0.3) is 0 Å². The second-order valence-corrected chi connectivity index (χ2v) is 5.87. The minimum atomic E-state index is 0.341. The lowest BCUT2D eigenvalue weighted by atomic mass is 10.1. The van der Waals surface area contributed by atoms with Crippen molar-refractivity contribution in [2.24, 2.45) is 0 Å². The van der Waals surface area contributed by atoms with Gasteiger partial charge in [0.2, 0.25) is 5.91 Å². The summed E-state index contributed by atoms with van der Waals surface area (Å²) in [6.07, 6.45) is 4.86. The predicted octanol–water partition coefficient (Wildman–Crippen LogP) is 1.42. The first-order chi connectivity index (χ1) is 9.24. The van der Waals surface area contributed by atoms with Gasteiger partial charge in [-0.3, -0.25) is 14.6 Å². The van der Waals surface area contributed by atoms with Crippen LogP contribution in [0.5, 0.6) is 0 Å². The van der Waals surface area contributed by atoms with Crippen molar-refractivity contribution in [2.75, 3.05) is 45.8 Å². The Bertz CT molecular complexity index is 277. The number of carbonyl (C=O) groups is 1. The largest absolute Gasteiger partial charge is 0.342 e. The average molecular weight is 267 g/mol. The number of nitrogens with zero attached hydrogens (tertiary/aromatic N) is 3. The first kappa shape index (κ1) is 14.8. The molecule has 0 radical (unpaired) electrons. The summed E-state index contributed by atoms with van der Waals surface area (Å²) in [7, 11) is 0. The minimum Gasteiger partial charge on any atom is -0.342 e. The van der Waals surface area contributed by atoms with E-state index in [1.165, 1.54) is 25.7 Å². The Morgan fingerprint density at radius 3 is 2.05 bits per heavy atom. The van der Waals surface area contributed by atoms with Crippen molar-refractivity contribution in [3.8, 4) is 0 Å². The highest BCUT2D eigenvalue weighted by molar-refractivity contribution is 5.78. The predicted molar refractivity (Wildman–Crippen MR) is 78.2 cm³/mol. The van der Waals surface area contributed by atoms with Crippen molar-refractivity contribution in [3.05, 3.63) is 0 Å². The van der Waals surface area contributed by atoms with Crippen LogP contribution in [-0.4, -0.2) is 72.5 Å². The second kappa shape index (κ2) is 7.25. The van der Waals surface area contributed by atoms with E-state index >= 15 is 0 Å². The maximum absolute atomic E-state index is 12.1. The Labute approximate surface area is 117 Å². The maximum atomic E-state index is 12.1. The first-order valence-electron chi connectivity index (χ1n) is 7.98. The Kier molecular flexibility index (Phi) is 5.64. The monoisotopic (exact) mass is 267 g/mol. The SMILES string of the molecule is CCC(CC)N1CCN(CC(=O)N2CCCC2)CC1. The van der Waals surface area contributed by atoms with E-state index in [0.29, 0.717) is 12.5 Å². The van der Waals surface area contributed by atoms with Crippen LogP contribution in [0.4, 0.5) is 0 Å². The van der Waals surface area contributed by atoms with Crippen LogP contribution in [0, 0.1) is 0 Å². The summed E-state index contributed by atoms with van der Waals surface area (Å²) >= 11 is 0. The molecule has 1 amide bonds.